The molecule has 6 heteroatoms. The number of rotatable bonds is 7. The van der Waals surface area contributed by atoms with Crippen molar-refractivity contribution in [3.63, 3.8) is 0 Å². The number of carboxylic acid groups (broad SMARTS) is 1. The van der Waals surface area contributed by atoms with E-state index in [4.69, 9.17) is 9.47 Å². The topological polar surface area (TPSA) is 84.9 Å². The number of carbonyl (C=O) groups is 2. The van der Waals surface area contributed by atoms with Gasteiger partial charge in [0.2, 0.25) is 5.91 Å². The summed E-state index contributed by atoms with van der Waals surface area (Å²) in [5.41, 5.74) is -0.176. The van der Waals surface area contributed by atoms with Gasteiger partial charge in [-0.25, -0.2) is 4.79 Å². The fraction of sp³-hybridized carbons (Fsp3) is 0.619. The van der Waals surface area contributed by atoms with Gasteiger partial charge in [0, 0.05) is 17.4 Å². The van der Waals surface area contributed by atoms with Crippen molar-refractivity contribution in [3.05, 3.63) is 23.8 Å². The van der Waals surface area contributed by atoms with E-state index in [2.05, 4.69) is 12.2 Å². The van der Waals surface area contributed by atoms with Gasteiger partial charge in [-0.3, -0.25) is 4.79 Å². The zero-order valence-electron chi connectivity index (χ0n) is 16.3. The minimum atomic E-state index is -1.12. The number of benzene rings is 1. The smallest absolute Gasteiger partial charge is 0.329 e. The summed E-state index contributed by atoms with van der Waals surface area (Å²) in [5.74, 6) is 0.746. The monoisotopic (exact) mass is 375 g/mol. The molecule has 148 valence electrons. The third-order valence-electron chi connectivity index (χ3n) is 6.27. The average molecular weight is 375 g/mol. The normalized spacial score (nSPS) is 29.7. The van der Waals surface area contributed by atoms with E-state index >= 15 is 0 Å². The van der Waals surface area contributed by atoms with E-state index < -0.39 is 11.5 Å². The Labute approximate surface area is 160 Å². The van der Waals surface area contributed by atoms with Crippen LogP contribution in [0.15, 0.2) is 18.2 Å². The van der Waals surface area contributed by atoms with Gasteiger partial charge >= 0.3 is 5.97 Å². The summed E-state index contributed by atoms with van der Waals surface area (Å²) in [6.07, 6.45) is 4.47. The van der Waals surface area contributed by atoms with E-state index in [1.54, 1.807) is 14.2 Å². The van der Waals surface area contributed by atoms with Crippen LogP contribution in [0.1, 0.15) is 56.9 Å². The van der Waals surface area contributed by atoms with Crippen LogP contribution in [0.3, 0.4) is 0 Å². The summed E-state index contributed by atoms with van der Waals surface area (Å²) in [4.78, 5) is 24.8. The van der Waals surface area contributed by atoms with Crippen molar-refractivity contribution in [2.75, 3.05) is 14.2 Å². The van der Waals surface area contributed by atoms with Crippen molar-refractivity contribution in [1.82, 2.24) is 5.32 Å². The van der Waals surface area contributed by atoms with Gasteiger partial charge in [-0.05, 0) is 56.2 Å². The number of nitrogens with one attached hydrogen (secondary N) is 1. The van der Waals surface area contributed by atoms with Crippen LogP contribution >= 0.6 is 0 Å². The molecule has 1 aromatic carbocycles. The van der Waals surface area contributed by atoms with Crippen molar-refractivity contribution >= 4 is 11.9 Å². The summed E-state index contributed by atoms with van der Waals surface area (Å²) in [7, 11) is 3.21. The molecular weight excluding hydrogens is 346 g/mol. The van der Waals surface area contributed by atoms with Crippen molar-refractivity contribution in [2.24, 2.45) is 11.8 Å². The van der Waals surface area contributed by atoms with Gasteiger partial charge in [-0.2, -0.15) is 0 Å². The largest absolute Gasteiger partial charge is 0.497 e. The SMILES string of the molecule is CCC1CCC(NC(=O)C2CC2c2cc(OC)ccc2OC)(C(=O)O)CC1. The fourth-order valence-electron chi connectivity index (χ4n) is 4.26. The van der Waals surface area contributed by atoms with Crippen LogP contribution in [0.5, 0.6) is 11.5 Å². The zero-order valence-corrected chi connectivity index (χ0v) is 16.3. The molecule has 2 aliphatic carbocycles. The van der Waals surface area contributed by atoms with Gasteiger partial charge in [0.05, 0.1) is 14.2 Å². The highest BCUT2D eigenvalue weighted by Gasteiger charge is 2.50. The maximum Gasteiger partial charge on any atom is 0.329 e. The van der Waals surface area contributed by atoms with Crippen molar-refractivity contribution in [3.8, 4) is 11.5 Å². The van der Waals surface area contributed by atoms with Crippen LogP contribution in [-0.4, -0.2) is 36.7 Å². The Morgan fingerprint density at radius 3 is 2.48 bits per heavy atom. The second kappa shape index (κ2) is 7.79. The third-order valence-corrected chi connectivity index (χ3v) is 6.27. The second-order valence-corrected chi connectivity index (χ2v) is 7.78. The lowest BCUT2D eigenvalue weighted by Gasteiger charge is -2.37. The van der Waals surface area contributed by atoms with Crippen molar-refractivity contribution in [1.29, 1.82) is 0 Å². The number of ether oxygens (including phenoxy) is 2. The Balaban J connectivity index is 1.70. The predicted octanol–water partition coefficient (Wildman–Crippen LogP) is 3.35. The Kier molecular flexibility index (Phi) is 5.63. The van der Waals surface area contributed by atoms with Crippen molar-refractivity contribution in [2.45, 2.75) is 56.9 Å². The van der Waals surface area contributed by atoms with Gasteiger partial charge in [-0.15, -0.1) is 0 Å². The number of hydrogen-bond donors (Lipinski definition) is 2. The van der Waals surface area contributed by atoms with Crippen LogP contribution in [0.25, 0.3) is 0 Å². The number of amides is 1. The molecular formula is C21H29NO5. The molecule has 2 saturated carbocycles. The molecule has 0 radical (unpaired) electrons. The number of carboxylic acids is 1. The molecule has 27 heavy (non-hydrogen) atoms. The van der Waals surface area contributed by atoms with Gasteiger partial charge < -0.3 is 19.9 Å². The van der Waals surface area contributed by atoms with E-state index in [1.165, 1.54) is 0 Å². The summed E-state index contributed by atoms with van der Waals surface area (Å²) in [6, 6.07) is 5.56. The summed E-state index contributed by atoms with van der Waals surface area (Å²) < 4.78 is 10.7. The van der Waals surface area contributed by atoms with Crippen LogP contribution < -0.4 is 14.8 Å². The minimum Gasteiger partial charge on any atom is -0.497 e. The molecule has 0 bridgehead atoms. The Bertz CT molecular complexity index is 709. The molecule has 2 N–H and O–H groups in total. The van der Waals surface area contributed by atoms with Crippen molar-refractivity contribution < 1.29 is 24.2 Å². The van der Waals surface area contributed by atoms with Crippen LogP contribution in [0.4, 0.5) is 0 Å². The molecule has 3 rings (SSSR count). The van der Waals surface area contributed by atoms with Crippen LogP contribution in [0, 0.1) is 11.8 Å². The van der Waals surface area contributed by atoms with Gasteiger partial charge in [-0.1, -0.05) is 13.3 Å². The van der Waals surface area contributed by atoms with E-state index in [-0.39, 0.29) is 17.7 Å². The number of methoxy groups -OCH3 is 2. The molecule has 1 amide bonds. The lowest BCUT2D eigenvalue weighted by molar-refractivity contribution is -0.150. The molecule has 0 aliphatic heterocycles. The molecule has 6 nitrogen and oxygen atoms in total. The summed E-state index contributed by atoms with van der Waals surface area (Å²) >= 11 is 0. The van der Waals surface area contributed by atoms with E-state index in [1.807, 2.05) is 18.2 Å². The van der Waals surface area contributed by atoms with E-state index in [0.717, 1.165) is 36.3 Å². The number of hydrogen-bond acceptors (Lipinski definition) is 4. The second-order valence-electron chi connectivity index (χ2n) is 7.78. The van der Waals surface area contributed by atoms with Crippen LogP contribution in [0.2, 0.25) is 0 Å². The maximum atomic E-state index is 12.8. The lowest BCUT2D eigenvalue weighted by atomic mass is 9.75. The molecule has 2 aliphatic rings. The fourth-order valence-corrected chi connectivity index (χ4v) is 4.26. The summed E-state index contributed by atoms with van der Waals surface area (Å²) in [6.45, 7) is 2.13. The standard InChI is InChI=1S/C21H29NO5/c1-4-13-7-9-21(10-8-13,20(24)25)22-19(23)17-12-15(17)16-11-14(26-2)5-6-18(16)27-3/h5-6,11,13,15,17H,4,7-10,12H2,1-3H3,(H,22,23)(H,24,25). The average Bonchev–Trinajstić information content (AvgIpc) is 3.48. The highest BCUT2D eigenvalue weighted by Crippen LogP contribution is 2.51. The highest BCUT2D eigenvalue weighted by molar-refractivity contribution is 5.90. The first-order valence-electron chi connectivity index (χ1n) is 9.71. The van der Waals surface area contributed by atoms with Gasteiger partial charge in [0.25, 0.3) is 0 Å². The first-order valence-corrected chi connectivity index (χ1v) is 9.71. The minimum absolute atomic E-state index is 0.0351. The molecule has 2 atom stereocenters. The molecule has 2 fully saturated rings. The molecule has 0 heterocycles. The van der Waals surface area contributed by atoms with Gasteiger partial charge in [0.1, 0.15) is 17.0 Å². The van der Waals surface area contributed by atoms with Crippen LogP contribution in [-0.2, 0) is 9.59 Å². The Morgan fingerprint density at radius 2 is 1.93 bits per heavy atom. The zero-order chi connectivity index (χ0) is 19.6. The van der Waals surface area contributed by atoms with Gasteiger partial charge in [0.15, 0.2) is 0 Å². The molecule has 1 aromatic rings. The molecule has 0 spiro atoms. The highest BCUT2D eigenvalue weighted by atomic mass is 16.5. The molecule has 0 saturated heterocycles. The van der Waals surface area contributed by atoms with E-state index in [9.17, 15) is 14.7 Å². The Hall–Kier alpha value is -2.24. The van der Waals surface area contributed by atoms with E-state index in [0.29, 0.717) is 25.2 Å². The quantitative estimate of drug-likeness (QED) is 0.763. The Morgan fingerprint density at radius 1 is 1.22 bits per heavy atom. The first kappa shape index (κ1) is 19.5. The predicted molar refractivity (Wildman–Crippen MR) is 101 cm³/mol. The molecule has 2 unspecified atom stereocenters. The summed E-state index contributed by atoms with van der Waals surface area (Å²) in [5, 5.41) is 12.7. The third kappa shape index (κ3) is 3.89. The first-order chi connectivity index (χ1) is 12.9. The maximum absolute atomic E-state index is 12.8. The molecule has 0 aromatic heterocycles. The lowest BCUT2D eigenvalue weighted by Crippen LogP contribution is -2.56. The number of carbonyl (C=O) groups excluding carboxylic acids is 1. The number of aliphatic carboxylic acids is 1.